The largest absolute Gasteiger partial charge is 0.292 e. The van der Waals surface area contributed by atoms with E-state index in [-0.39, 0.29) is 11.9 Å². The number of aromatic nitrogens is 4. The average Bonchev–Trinajstić information content (AvgIpc) is 2.34. The third-order valence-electron chi connectivity index (χ3n) is 1.02. The lowest BCUT2D eigenvalue weighted by molar-refractivity contribution is -0.114. The summed E-state index contributed by atoms with van der Waals surface area (Å²) in [5, 5.41) is 13.5. The van der Waals surface area contributed by atoms with Gasteiger partial charge in [-0.2, -0.15) is 4.80 Å². The molecular formula is C5H9N5O. The van der Waals surface area contributed by atoms with Crippen LogP contribution in [0.25, 0.3) is 0 Å². The third kappa shape index (κ3) is 1.99. The summed E-state index contributed by atoms with van der Waals surface area (Å²) in [6.45, 7) is 3.93. The van der Waals surface area contributed by atoms with Gasteiger partial charge < -0.3 is 0 Å². The molecule has 0 aliphatic rings. The highest BCUT2D eigenvalue weighted by molar-refractivity contribution is 5.86. The molecule has 0 spiro atoms. The minimum Gasteiger partial charge on any atom is -0.292 e. The van der Waals surface area contributed by atoms with E-state index in [0.717, 1.165) is 0 Å². The molecule has 0 atom stereocenters. The highest BCUT2D eigenvalue weighted by atomic mass is 16.1. The van der Waals surface area contributed by atoms with Crippen LogP contribution in [0.1, 0.15) is 13.8 Å². The van der Waals surface area contributed by atoms with E-state index in [4.69, 9.17) is 0 Å². The summed E-state index contributed by atoms with van der Waals surface area (Å²) in [7, 11) is 0. The maximum Gasteiger partial charge on any atom is 0.270 e. The van der Waals surface area contributed by atoms with Crippen LogP contribution in [0.4, 0.5) is 5.95 Å². The van der Waals surface area contributed by atoms with Gasteiger partial charge in [-0.1, -0.05) is 5.10 Å². The predicted molar refractivity (Wildman–Crippen MR) is 37.8 cm³/mol. The quantitative estimate of drug-likeness (QED) is 0.633. The number of carbonyl (C=O) groups excluding carboxylic acids is 1. The van der Waals surface area contributed by atoms with Gasteiger partial charge in [0.25, 0.3) is 5.95 Å². The van der Waals surface area contributed by atoms with Gasteiger partial charge in [-0.3, -0.25) is 10.1 Å². The number of hydrogen-bond donors (Lipinski definition) is 1. The van der Waals surface area contributed by atoms with Crippen LogP contribution in [0.15, 0.2) is 0 Å². The number of rotatable bonds is 2. The van der Waals surface area contributed by atoms with Crippen molar-refractivity contribution in [3.63, 3.8) is 0 Å². The minimum absolute atomic E-state index is 0.194. The molecule has 0 aromatic carbocycles. The number of nitrogens with zero attached hydrogens (tertiary/aromatic N) is 4. The molecule has 0 aliphatic carbocycles. The highest BCUT2D eigenvalue weighted by Gasteiger charge is 2.00. The lowest BCUT2D eigenvalue weighted by Gasteiger charge is -1.90. The van der Waals surface area contributed by atoms with Crippen LogP contribution in [0.3, 0.4) is 0 Å². The predicted octanol–water partition coefficient (Wildman–Crippen LogP) is -0.349. The summed E-state index contributed by atoms with van der Waals surface area (Å²) in [6, 6.07) is 0. The standard InChI is InChI=1S/C5H9N5O/c1-3-10-8-5(7-9-10)6-4(2)11/h3H2,1-2H3,(H,6,8,11). The van der Waals surface area contributed by atoms with E-state index < -0.39 is 0 Å². The average molecular weight is 155 g/mol. The third-order valence-corrected chi connectivity index (χ3v) is 1.02. The molecular weight excluding hydrogens is 146 g/mol. The topological polar surface area (TPSA) is 72.7 Å². The van der Waals surface area contributed by atoms with E-state index in [1.807, 2.05) is 6.92 Å². The fourth-order valence-electron chi connectivity index (χ4n) is 0.585. The summed E-state index contributed by atoms with van der Waals surface area (Å²) in [5.74, 6) is 0.0556. The van der Waals surface area contributed by atoms with Crippen molar-refractivity contribution in [2.45, 2.75) is 20.4 Å². The number of hydrogen-bond acceptors (Lipinski definition) is 4. The van der Waals surface area contributed by atoms with Gasteiger partial charge in [0, 0.05) is 6.92 Å². The van der Waals surface area contributed by atoms with Gasteiger partial charge in [-0.25, -0.2) is 0 Å². The Bertz CT molecular complexity index is 255. The molecule has 11 heavy (non-hydrogen) atoms. The van der Waals surface area contributed by atoms with Crippen molar-refractivity contribution in [1.29, 1.82) is 0 Å². The van der Waals surface area contributed by atoms with Gasteiger partial charge in [-0.15, -0.1) is 5.10 Å². The number of carbonyl (C=O) groups is 1. The zero-order valence-electron chi connectivity index (χ0n) is 6.40. The Balaban J connectivity index is 2.65. The van der Waals surface area contributed by atoms with Crippen LogP contribution in [-0.4, -0.2) is 26.1 Å². The van der Waals surface area contributed by atoms with E-state index in [2.05, 4.69) is 20.7 Å². The first kappa shape index (κ1) is 7.64. The first-order valence-electron chi connectivity index (χ1n) is 3.27. The first-order chi connectivity index (χ1) is 5.22. The van der Waals surface area contributed by atoms with Crippen LogP contribution in [0, 0.1) is 0 Å². The zero-order chi connectivity index (χ0) is 8.27. The Hall–Kier alpha value is -1.46. The fraction of sp³-hybridized carbons (Fsp3) is 0.600. The van der Waals surface area contributed by atoms with Crippen LogP contribution in [-0.2, 0) is 11.3 Å². The number of nitrogens with one attached hydrogen (secondary N) is 1. The van der Waals surface area contributed by atoms with Gasteiger partial charge in [0.05, 0.1) is 6.54 Å². The van der Waals surface area contributed by atoms with Gasteiger partial charge in [0.2, 0.25) is 5.91 Å². The Morgan fingerprint density at radius 3 is 2.91 bits per heavy atom. The second-order valence-corrected chi connectivity index (χ2v) is 1.98. The van der Waals surface area contributed by atoms with Crippen LogP contribution in [0.5, 0.6) is 0 Å². The molecule has 60 valence electrons. The molecule has 0 saturated carbocycles. The number of tetrazole rings is 1. The summed E-state index contributed by atoms with van der Waals surface area (Å²) in [5.41, 5.74) is 0. The lowest BCUT2D eigenvalue weighted by Crippen LogP contribution is -2.07. The Labute approximate surface area is 63.6 Å². The molecule has 0 radical (unpaired) electrons. The van der Waals surface area contributed by atoms with Crippen LogP contribution < -0.4 is 5.32 Å². The molecule has 6 nitrogen and oxygen atoms in total. The summed E-state index contributed by atoms with van der Waals surface area (Å²) in [6.07, 6.45) is 0. The first-order valence-corrected chi connectivity index (χ1v) is 3.27. The van der Waals surface area contributed by atoms with Gasteiger partial charge in [0.15, 0.2) is 0 Å². The normalized spacial score (nSPS) is 9.64. The summed E-state index contributed by atoms with van der Waals surface area (Å²) >= 11 is 0. The second-order valence-electron chi connectivity index (χ2n) is 1.98. The van der Waals surface area contributed by atoms with Crippen LogP contribution in [0.2, 0.25) is 0 Å². The Morgan fingerprint density at radius 2 is 2.45 bits per heavy atom. The highest BCUT2D eigenvalue weighted by Crippen LogP contribution is 1.91. The van der Waals surface area contributed by atoms with Gasteiger partial charge in [-0.05, 0) is 12.1 Å². The lowest BCUT2D eigenvalue weighted by atomic mass is 10.7. The Morgan fingerprint density at radius 1 is 1.73 bits per heavy atom. The molecule has 0 aliphatic heterocycles. The number of amides is 1. The van der Waals surface area contributed by atoms with E-state index in [0.29, 0.717) is 6.54 Å². The second kappa shape index (κ2) is 3.09. The van der Waals surface area contributed by atoms with Gasteiger partial charge in [0.1, 0.15) is 0 Å². The molecule has 1 heterocycles. The van der Waals surface area contributed by atoms with Crippen molar-refractivity contribution in [2.24, 2.45) is 0 Å². The maximum atomic E-state index is 10.5. The molecule has 0 fully saturated rings. The zero-order valence-corrected chi connectivity index (χ0v) is 6.40. The smallest absolute Gasteiger partial charge is 0.270 e. The minimum atomic E-state index is -0.194. The van der Waals surface area contributed by atoms with Crippen molar-refractivity contribution in [1.82, 2.24) is 20.2 Å². The number of aryl methyl sites for hydroxylation is 1. The molecule has 0 bridgehead atoms. The SMILES string of the molecule is CCn1nnc(NC(C)=O)n1. The van der Waals surface area contributed by atoms with Crippen molar-refractivity contribution in [2.75, 3.05) is 5.32 Å². The maximum absolute atomic E-state index is 10.5. The van der Waals surface area contributed by atoms with E-state index in [9.17, 15) is 4.79 Å². The van der Waals surface area contributed by atoms with E-state index in [1.54, 1.807) is 0 Å². The van der Waals surface area contributed by atoms with E-state index >= 15 is 0 Å². The van der Waals surface area contributed by atoms with Crippen molar-refractivity contribution in [3.05, 3.63) is 0 Å². The summed E-state index contributed by atoms with van der Waals surface area (Å²) < 4.78 is 0. The van der Waals surface area contributed by atoms with Gasteiger partial charge >= 0.3 is 0 Å². The van der Waals surface area contributed by atoms with Crippen LogP contribution >= 0.6 is 0 Å². The van der Waals surface area contributed by atoms with Crippen molar-refractivity contribution in [3.8, 4) is 0 Å². The summed E-state index contributed by atoms with van der Waals surface area (Å²) in [4.78, 5) is 11.9. The molecule has 1 N–H and O–H groups in total. The molecule has 0 saturated heterocycles. The molecule has 1 aromatic heterocycles. The Kier molecular flexibility index (Phi) is 2.15. The number of anilines is 1. The molecule has 1 aromatic rings. The van der Waals surface area contributed by atoms with Crippen molar-refractivity contribution < 1.29 is 4.79 Å². The molecule has 0 unspecified atom stereocenters. The molecule has 6 heteroatoms. The monoisotopic (exact) mass is 155 g/mol. The van der Waals surface area contributed by atoms with E-state index in [1.165, 1.54) is 11.7 Å². The fourth-order valence-corrected chi connectivity index (χ4v) is 0.585. The molecule has 1 amide bonds. The van der Waals surface area contributed by atoms with Crippen molar-refractivity contribution >= 4 is 11.9 Å². The molecule has 1 rings (SSSR count).